The van der Waals surface area contributed by atoms with Crippen LogP contribution < -0.4 is 5.32 Å². The largest absolute Gasteiger partial charge is 0.378 e. The van der Waals surface area contributed by atoms with Crippen LogP contribution in [0.15, 0.2) is 0 Å². The Morgan fingerprint density at radius 1 is 1.25 bits per heavy atom. The van der Waals surface area contributed by atoms with E-state index in [0.717, 1.165) is 39.4 Å². The molecule has 2 heterocycles. The monoisotopic (exact) mass is 282 g/mol. The highest BCUT2D eigenvalue weighted by atomic mass is 16.5. The van der Waals surface area contributed by atoms with E-state index in [2.05, 4.69) is 17.1 Å². The fourth-order valence-corrected chi connectivity index (χ4v) is 4.10. The van der Waals surface area contributed by atoms with Crippen molar-refractivity contribution in [2.45, 2.75) is 63.2 Å². The lowest BCUT2D eigenvalue weighted by atomic mass is 9.98. The van der Waals surface area contributed by atoms with Crippen LogP contribution in [0.5, 0.6) is 0 Å². The zero-order chi connectivity index (χ0) is 13.8. The van der Waals surface area contributed by atoms with Gasteiger partial charge in [0.25, 0.3) is 0 Å². The number of morpholine rings is 1. The highest BCUT2D eigenvalue weighted by molar-refractivity contribution is 4.94. The lowest BCUT2D eigenvalue weighted by Crippen LogP contribution is -2.52. The number of nitrogens with zero attached hydrogens (tertiary/aromatic N) is 1. The van der Waals surface area contributed by atoms with Gasteiger partial charge in [0.05, 0.1) is 24.9 Å². The maximum absolute atomic E-state index is 6.46. The first-order valence-electron chi connectivity index (χ1n) is 8.52. The van der Waals surface area contributed by atoms with Gasteiger partial charge < -0.3 is 14.8 Å². The zero-order valence-corrected chi connectivity index (χ0v) is 12.9. The summed E-state index contributed by atoms with van der Waals surface area (Å²) in [4.78, 5) is 2.59. The lowest BCUT2D eigenvalue weighted by molar-refractivity contribution is -0.0710. The summed E-state index contributed by atoms with van der Waals surface area (Å²) in [6, 6.07) is 0.521. The van der Waals surface area contributed by atoms with Crippen LogP contribution in [0.1, 0.15) is 45.4 Å². The predicted octanol–water partition coefficient (Wildman–Crippen LogP) is 1.79. The molecule has 2 atom stereocenters. The number of hydrogen-bond donors (Lipinski definition) is 1. The molecule has 1 spiro atoms. The highest BCUT2D eigenvalue weighted by Gasteiger charge is 2.42. The number of nitrogens with one attached hydrogen (secondary N) is 1. The molecule has 0 aromatic carbocycles. The minimum atomic E-state index is 0.272. The number of likely N-dealkylation sites (N-methyl/N-ethyl adjacent to an activating group) is 1. The smallest absolute Gasteiger partial charge is 0.0710 e. The molecule has 0 bridgehead atoms. The fraction of sp³-hybridized carbons (Fsp3) is 1.00. The summed E-state index contributed by atoms with van der Waals surface area (Å²) in [6.45, 7) is 8.13. The molecule has 2 aliphatic heterocycles. The Morgan fingerprint density at radius 3 is 2.90 bits per heavy atom. The molecule has 1 aliphatic carbocycles. The van der Waals surface area contributed by atoms with Gasteiger partial charge in [0, 0.05) is 25.7 Å². The van der Waals surface area contributed by atoms with Gasteiger partial charge in [-0.3, -0.25) is 4.90 Å². The van der Waals surface area contributed by atoms with Crippen molar-refractivity contribution in [2.24, 2.45) is 0 Å². The third-order valence-corrected chi connectivity index (χ3v) is 5.27. The van der Waals surface area contributed by atoms with E-state index in [-0.39, 0.29) is 5.60 Å². The standard InChI is InChI=1S/C16H30N2O2/c1-2-17-11-14-13-19-10-9-18(14)12-15-5-8-16(20-15)6-3-4-7-16/h14-15,17H,2-13H2,1H3. The summed E-state index contributed by atoms with van der Waals surface area (Å²) in [5.74, 6) is 0. The molecule has 0 radical (unpaired) electrons. The van der Waals surface area contributed by atoms with E-state index in [9.17, 15) is 0 Å². The van der Waals surface area contributed by atoms with Crippen molar-refractivity contribution in [3.05, 3.63) is 0 Å². The Balaban J connectivity index is 1.50. The van der Waals surface area contributed by atoms with Crippen molar-refractivity contribution in [1.82, 2.24) is 10.2 Å². The second kappa shape index (κ2) is 6.73. The van der Waals surface area contributed by atoms with Crippen LogP contribution in [0.2, 0.25) is 0 Å². The van der Waals surface area contributed by atoms with Crippen molar-refractivity contribution in [1.29, 1.82) is 0 Å². The molecule has 3 aliphatic rings. The number of ether oxygens (including phenoxy) is 2. The van der Waals surface area contributed by atoms with Crippen LogP contribution >= 0.6 is 0 Å². The zero-order valence-electron chi connectivity index (χ0n) is 12.9. The van der Waals surface area contributed by atoms with Gasteiger partial charge >= 0.3 is 0 Å². The molecule has 20 heavy (non-hydrogen) atoms. The maximum atomic E-state index is 6.46. The second-order valence-electron chi connectivity index (χ2n) is 6.70. The van der Waals surface area contributed by atoms with Crippen molar-refractivity contribution >= 4 is 0 Å². The molecule has 4 nitrogen and oxygen atoms in total. The van der Waals surface area contributed by atoms with Gasteiger partial charge in [0.2, 0.25) is 0 Å². The molecular weight excluding hydrogens is 252 g/mol. The SMILES string of the molecule is CCNCC1COCCN1CC1CCC2(CCCC2)O1. The van der Waals surface area contributed by atoms with Gasteiger partial charge in [0.1, 0.15) is 0 Å². The van der Waals surface area contributed by atoms with Gasteiger partial charge in [-0.1, -0.05) is 19.8 Å². The maximum Gasteiger partial charge on any atom is 0.0710 e. The third-order valence-electron chi connectivity index (χ3n) is 5.27. The Morgan fingerprint density at radius 2 is 2.10 bits per heavy atom. The molecule has 1 N–H and O–H groups in total. The summed E-state index contributed by atoms with van der Waals surface area (Å²) >= 11 is 0. The van der Waals surface area contributed by atoms with Crippen molar-refractivity contribution in [3.63, 3.8) is 0 Å². The normalized spacial score (nSPS) is 34.0. The van der Waals surface area contributed by atoms with E-state index >= 15 is 0 Å². The van der Waals surface area contributed by atoms with Crippen molar-refractivity contribution < 1.29 is 9.47 Å². The fourth-order valence-electron chi connectivity index (χ4n) is 4.10. The molecule has 2 saturated heterocycles. The first-order chi connectivity index (χ1) is 9.81. The van der Waals surface area contributed by atoms with E-state index in [4.69, 9.17) is 9.47 Å². The quantitative estimate of drug-likeness (QED) is 0.833. The van der Waals surface area contributed by atoms with Gasteiger partial charge in [0.15, 0.2) is 0 Å². The molecule has 0 amide bonds. The Bertz CT molecular complexity index is 305. The van der Waals surface area contributed by atoms with Gasteiger partial charge in [-0.15, -0.1) is 0 Å². The molecule has 3 fully saturated rings. The van der Waals surface area contributed by atoms with Crippen molar-refractivity contribution in [2.75, 3.05) is 39.4 Å². The van der Waals surface area contributed by atoms with E-state index in [1.54, 1.807) is 0 Å². The molecule has 4 heteroatoms. The molecule has 3 rings (SSSR count). The molecule has 1 saturated carbocycles. The first-order valence-corrected chi connectivity index (χ1v) is 8.52. The summed E-state index contributed by atoms with van der Waals surface area (Å²) in [6.07, 6.45) is 8.34. The van der Waals surface area contributed by atoms with Crippen LogP contribution in [-0.4, -0.2) is 62.0 Å². The summed E-state index contributed by atoms with van der Waals surface area (Å²) < 4.78 is 12.1. The van der Waals surface area contributed by atoms with Crippen LogP contribution in [0.4, 0.5) is 0 Å². The van der Waals surface area contributed by atoms with Crippen LogP contribution in [0.3, 0.4) is 0 Å². The first kappa shape index (κ1) is 14.8. The molecule has 2 unspecified atom stereocenters. The van der Waals surface area contributed by atoms with E-state index < -0.39 is 0 Å². The minimum absolute atomic E-state index is 0.272. The van der Waals surface area contributed by atoms with Gasteiger partial charge in [-0.2, -0.15) is 0 Å². The predicted molar refractivity (Wildman–Crippen MR) is 80.0 cm³/mol. The second-order valence-corrected chi connectivity index (χ2v) is 6.70. The third kappa shape index (κ3) is 3.35. The Hall–Kier alpha value is -0.160. The molecule has 0 aromatic heterocycles. The van der Waals surface area contributed by atoms with Crippen LogP contribution in [0.25, 0.3) is 0 Å². The Labute approximate surface area is 123 Å². The topological polar surface area (TPSA) is 33.7 Å². The van der Waals surface area contributed by atoms with E-state index in [1.807, 2.05) is 0 Å². The minimum Gasteiger partial charge on any atom is -0.378 e. The number of hydrogen-bond acceptors (Lipinski definition) is 4. The van der Waals surface area contributed by atoms with Gasteiger partial charge in [-0.05, 0) is 32.2 Å². The van der Waals surface area contributed by atoms with Crippen LogP contribution in [-0.2, 0) is 9.47 Å². The molecular formula is C16H30N2O2. The van der Waals surface area contributed by atoms with Crippen LogP contribution in [0, 0.1) is 0 Å². The molecule has 116 valence electrons. The van der Waals surface area contributed by atoms with Crippen molar-refractivity contribution in [3.8, 4) is 0 Å². The summed E-state index contributed by atoms with van der Waals surface area (Å²) in [7, 11) is 0. The van der Waals surface area contributed by atoms with E-state index in [0.29, 0.717) is 12.1 Å². The van der Waals surface area contributed by atoms with E-state index in [1.165, 1.54) is 38.5 Å². The lowest BCUT2D eigenvalue weighted by Gasteiger charge is -2.37. The summed E-state index contributed by atoms with van der Waals surface area (Å²) in [5.41, 5.74) is 0.272. The molecule has 0 aromatic rings. The average molecular weight is 282 g/mol. The Kier molecular flexibility index (Phi) is 4.97. The highest BCUT2D eigenvalue weighted by Crippen LogP contribution is 2.43. The summed E-state index contributed by atoms with van der Waals surface area (Å²) in [5, 5.41) is 3.46. The average Bonchev–Trinajstić information content (AvgIpc) is 3.09. The number of rotatable bonds is 5. The van der Waals surface area contributed by atoms with Gasteiger partial charge in [-0.25, -0.2) is 0 Å².